The second kappa shape index (κ2) is 7.92. The van der Waals surface area contributed by atoms with Crippen molar-refractivity contribution in [1.29, 1.82) is 0 Å². The van der Waals surface area contributed by atoms with Crippen molar-refractivity contribution in [2.75, 3.05) is 23.3 Å². The maximum atomic E-state index is 6.12. The van der Waals surface area contributed by atoms with Crippen molar-refractivity contribution in [1.82, 2.24) is 4.90 Å². The van der Waals surface area contributed by atoms with Gasteiger partial charge in [-0.25, -0.2) is 4.99 Å². The van der Waals surface area contributed by atoms with Crippen LogP contribution in [0.3, 0.4) is 0 Å². The molecule has 6 heteroatoms. The molecule has 1 atom stereocenters. The van der Waals surface area contributed by atoms with Gasteiger partial charge in [0.15, 0.2) is 0 Å². The van der Waals surface area contributed by atoms with Gasteiger partial charge in [0.05, 0.1) is 0 Å². The van der Waals surface area contributed by atoms with E-state index in [0.717, 1.165) is 36.8 Å². The van der Waals surface area contributed by atoms with Gasteiger partial charge in [0.25, 0.3) is 0 Å². The van der Waals surface area contributed by atoms with Gasteiger partial charge in [0.1, 0.15) is 0 Å². The summed E-state index contributed by atoms with van der Waals surface area (Å²) in [6.07, 6.45) is 3.03. The summed E-state index contributed by atoms with van der Waals surface area (Å²) in [6.45, 7) is 6.24. The first-order valence-corrected chi connectivity index (χ1v) is 10.0. The minimum Gasteiger partial charge on any atom is -0.368 e. The zero-order valence-electron chi connectivity index (χ0n) is 16.6. The second-order valence-corrected chi connectivity index (χ2v) is 7.37. The molecule has 28 heavy (non-hydrogen) atoms. The molecular formula is C22H28N6. The Bertz CT molecular complexity index is 863. The number of nitrogens with one attached hydrogen (secondary N) is 1. The van der Waals surface area contributed by atoms with Crippen LogP contribution in [-0.4, -0.2) is 36.2 Å². The number of nitrogens with zero attached hydrogens (tertiary/aromatic N) is 4. The normalized spacial score (nSPS) is 19.4. The van der Waals surface area contributed by atoms with E-state index in [2.05, 4.69) is 87.5 Å². The fourth-order valence-corrected chi connectivity index (χ4v) is 3.66. The maximum absolute atomic E-state index is 6.12. The fraction of sp³-hybridized carbons (Fsp3) is 0.364. The predicted octanol–water partition coefficient (Wildman–Crippen LogP) is 3.54. The monoisotopic (exact) mass is 376 g/mol. The molecule has 146 valence electrons. The topological polar surface area (TPSA) is 69.2 Å². The lowest BCUT2D eigenvalue weighted by Gasteiger charge is -2.38. The molecule has 0 bridgehead atoms. The summed E-state index contributed by atoms with van der Waals surface area (Å²) in [7, 11) is 0. The minimum absolute atomic E-state index is 0.313. The van der Waals surface area contributed by atoms with Crippen LogP contribution in [0.5, 0.6) is 0 Å². The molecule has 1 saturated heterocycles. The number of nitrogens with two attached hydrogens (primary N) is 1. The number of hydrogen-bond acceptors (Lipinski definition) is 6. The Hall–Kier alpha value is -3.02. The van der Waals surface area contributed by atoms with Gasteiger partial charge in [-0.3, -0.25) is 4.90 Å². The number of anilines is 2. The van der Waals surface area contributed by atoms with Gasteiger partial charge in [-0.2, -0.15) is 4.99 Å². The highest BCUT2D eigenvalue weighted by Crippen LogP contribution is 2.26. The van der Waals surface area contributed by atoms with Crippen LogP contribution in [0.4, 0.5) is 11.4 Å². The van der Waals surface area contributed by atoms with E-state index < -0.39 is 0 Å². The molecule has 2 aromatic carbocycles. The Morgan fingerprint density at radius 1 is 1.04 bits per heavy atom. The Morgan fingerprint density at radius 3 is 2.36 bits per heavy atom. The van der Waals surface area contributed by atoms with Crippen LogP contribution in [0.15, 0.2) is 58.5 Å². The zero-order valence-corrected chi connectivity index (χ0v) is 16.6. The lowest BCUT2D eigenvalue weighted by atomic mass is 10.1. The van der Waals surface area contributed by atoms with Crippen LogP contribution in [0.1, 0.15) is 30.9 Å². The molecule has 2 aromatic rings. The van der Waals surface area contributed by atoms with Crippen molar-refractivity contribution in [3.8, 4) is 0 Å². The third-order valence-corrected chi connectivity index (χ3v) is 5.29. The first-order chi connectivity index (χ1) is 13.6. The number of guanidine groups is 2. The lowest BCUT2D eigenvalue weighted by Crippen LogP contribution is -2.54. The first kappa shape index (κ1) is 18.3. The molecule has 2 aliphatic heterocycles. The molecular weight excluding hydrogens is 348 g/mol. The van der Waals surface area contributed by atoms with Crippen LogP contribution < -0.4 is 16.0 Å². The Kier molecular flexibility index (Phi) is 5.19. The molecule has 6 nitrogen and oxygen atoms in total. The van der Waals surface area contributed by atoms with E-state index in [0.29, 0.717) is 5.96 Å². The van der Waals surface area contributed by atoms with Crippen LogP contribution in [0.2, 0.25) is 0 Å². The van der Waals surface area contributed by atoms with E-state index in [1.54, 1.807) is 0 Å². The molecule has 0 aliphatic carbocycles. The van der Waals surface area contributed by atoms with Gasteiger partial charge in [-0.1, -0.05) is 36.8 Å². The summed E-state index contributed by atoms with van der Waals surface area (Å²) >= 11 is 0. The molecule has 0 aromatic heterocycles. The number of hydrogen-bond donors (Lipinski definition) is 2. The van der Waals surface area contributed by atoms with Gasteiger partial charge >= 0.3 is 0 Å². The van der Waals surface area contributed by atoms with Gasteiger partial charge in [0.2, 0.25) is 18.2 Å². The first-order valence-electron chi connectivity index (χ1n) is 10.0. The van der Waals surface area contributed by atoms with Gasteiger partial charge < -0.3 is 16.0 Å². The maximum Gasteiger partial charge on any atom is 0.222 e. The van der Waals surface area contributed by atoms with Crippen LogP contribution >= 0.6 is 0 Å². The minimum atomic E-state index is -0.344. The predicted molar refractivity (Wildman–Crippen MR) is 117 cm³/mol. The summed E-state index contributed by atoms with van der Waals surface area (Å²) in [5, 5.41) is 3.53. The Morgan fingerprint density at radius 2 is 1.71 bits per heavy atom. The van der Waals surface area contributed by atoms with E-state index in [4.69, 9.17) is 5.73 Å². The number of aryl methyl sites for hydroxylation is 2. The Labute approximate surface area is 166 Å². The van der Waals surface area contributed by atoms with Crippen LogP contribution in [0, 0.1) is 6.92 Å². The van der Waals surface area contributed by atoms with Gasteiger partial charge in [0, 0.05) is 24.5 Å². The molecule has 2 heterocycles. The SMILES string of the molecule is CCc1ccc(NC2N=C(N)N=C(N3CCCC3)N2c2ccc(C)cc2)cc1. The molecule has 1 fully saturated rings. The molecule has 0 radical (unpaired) electrons. The number of likely N-dealkylation sites (tertiary alicyclic amines) is 1. The molecule has 0 saturated carbocycles. The van der Waals surface area contributed by atoms with Crippen molar-refractivity contribution < 1.29 is 0 Å². The van der Waals surface area contributed by atoms with Crippen molar-refractivity contribution in [3.05, 3.63) is 59.7 Å². The fourth-order valence-electron chi connectivity index (χ4n) is 3.66. The third kappa shape index (κ3) is 3.81. The Balaban J connectivity index is 1.69. The van der Waals surface area contributed by atoms with E-state index in [1.807, 2.05) is 0 Å². The summed E-state index contributed by atoms with van der Waals surface area (Å²) in [5.74, 6) is 1.18. The summed E-state index contributed by atoms with van der Waals surface area (Å²) < 4.78 is 0. The average Bonchev–Trinajstić information content (AvgIpc) is 3.24. The number of aliphatic imine (C=N–C) groups is 2. The van der Waals surface area contributed by atoms with Crippen LogP contribution in [-0.2, 0) is 6.42 Å². The second-order valence-electron chi connectivity index (χ2n) is 7.37. The average molecular weight is 377 g/mol. The summed E-state index contributed by atoms with van der Waals surface area (Å²) in [5.41, 5.74) is 10.7. The third-order valence-electron chi connectivity index (χ3n) is 5.29. The standard InChI is InChI=1S/C22H28N6/c1-3-17-8-10-18(11-9-17)24-21-25-20(23)26-22(27-14-4-5-15-27)28(21)19-12-6-16(2)7-13-19/h6-13,21,24H,3-5,14-15H2,1-2H3,(H2,23,25). The van der Waals surface area contributed by atoms with Crippen molar-refractivity contribution in [2.45, 2.75) is 39.4 Å². The number of benzene rings is 2. The van der Waals surface area contributed by atoms with Crippen molar-refractivity contribution >= 4 is 23.3 Å². The molecule has 4 rings (SSSR count). The molecule has 1 unspecified atom stereocenters. The number of rotatable bonds is 4. The summed E-state index contributed by atoms with van der Waals surface area (Å²) in [6, 6.07) is 16.9. The van der Waals surface area contributed by atoms with E-state index in [-0.39, 0.29) is 6.29 Å². The van der Waals surface area contributed by atoms with E-state index >= 15 is 0 Å². The highest BCUT2D eigenvalue weighted by atomic mass is 15.5. The highest BCUT2D eigenvalue weighted by molar-refractivity contribution is 6.06. The smallest absolute Gasteiger partial charge is 0.222 e. The van der Waals surface area contributed by atoms with E-state index in [9.17, 15) is 0 Å². The molecule has 0 spiro atoms. The molecule has 0 amide bonds. The summed E-state index contributed by atoms with van der Waals surface area (Å²) in [4.78, 5) is 13.7. The quantitative estimate of drug-likeness (QED) is 0.856. The van der Waals surface area contributed by atoms with Crippen molar-refractivity contribution in [3.63, 3.8) is 0 Å². The van der Waals surface area contributed by atoms with Crippen molar-refractivity contribution in [2.24, 2.45) is 15.7 Å². The largest absolute Gasteiger partial charge is 0.368 e. The zero-order chi connectivity index (χ0) is 19.5. The highest BCUT2D eigenvalue weighted by Gasteiger charge is 2.32. The molecule has 3 N–H and O–H groups in total. The van der Waals surface area contributed by atoms with Gasteiger partial charge in [-0.05, 0) is 56.0 Å². The molecule has 2 aliphatic rings. The lowest BCUT2D eigenvalue weighted by molar-refractivity contribution is 0.497. The van der Waals surface area contributed by atoms with E-state index in [1.165, 1.54) is 24.0 Å². The van der Waals surface area contributed by atoms with Gasteiger partial charge in [-0.15, -0.1) is 0 Å². The van der Waals surface area contributed by atoms with Crippen LogP contribution in [0.25, 0.3) is 0 Å².